The minimum atomic E-state index is 0.467. The first-order valence-corrected chi connectivity index (χ1v) is 9.49. The van der Waals surface area contributed by atoms with E-state index in [4.69, 9.17) is 10.8 Å². The number of rotatable bonds is 6. The van der Waals surface area contributed by atoms with Gasteiger partial charge in [-0.2, -0.15) is 0 Å². The molecule has 2 aliphatic rings. The van der Waals surface area contributed by atoms with E-state index in [9.17, 15) is 0 Å². The fourth-order valence-corrected chi connectivity index (χ4v) is 4.26. The highest BCUT2D eigenvalue weighted by molar-refractivity contribution is 14.1. The van der Waals surface area contributed by atoms with Crippen LogP contribution in [-0.4, -0.2) is 24.5 Å². The van der Waals surface area contributed by atoms with Crippen molar-refractivity contribution in [3.8, 4) is 0 Å². The molecular weight excluding hydrogens is 488 g/mol. The van der Waals surface area contributed by atoms with Crippen LogP contribution >= 0.6 is 45.2 Å². The zero-order valence-corrected chi connectivity index (χ0v) is 16.0. The number of nitrogens with one attached hydrogen (secondary N) is 3. The van der Waals surface area contributed by atoms with Crippen LogP contribution in [-0.2, 0) is 0 Å². The van der Waals surface area contributed by atoms with Crippen molar-refractivity contribution >= 4 is 57.6 Å². The van der Waals surface area contributed by atoms with Gasteiger partial charge in [-0.15, -0.1) is 0 Å². The third kappa shape index (κ3) is 4.13. The van der Waals surface area contributed by atoms with Gasteiger partial charge >= 0.3 is 0 Å². The van der Waals surface area contributed by atoms with Crippen LogP contribution in [0.2, 0.25) is 0 Å². The molecule has 0 aromatic rings. The molecule has 0 aromatic heterocycles. The Bertz CT molecular complexity index is 532. The van der Waals surface area contributed by atoms with Gasteiger partial charge in [-0.25, -0.2) is 0 Å². The molecule has 0 aliphatic carbocycles. The molecule has 2 aliphatic heterocycles. The first kappa shape index (κ1) is 17.1. The average Bonchev–Trinajstić information content (AvgIpc) is 3.13. The van der Waals surface area contributed by atoms with E-state index < -0.39 is 0 Å². The Hall–Kier alpha value is -0.280. The molecule has 0 aromatic carbocycles. The van der Waals surface area contributed by atoms with Crippen LogP contribution in [0, 0.1) is 16.7 Å². The van der Waals surface area contributed by atoms with Crippen molar-refractivity contribution in [2.75, 3.05) is 0 Å². The second-order valence-corrected chi connectivity index (χ2v) is 6.58. The van der Waals surface area contributed by atoms with Crippen molar-refractivity contribution in [3.05, 3.63) is 43.1 Å². The maximum absolute atomic E-state index is 7.78. The summed E-state index contributed by atoms with van der Waals surface area (Å²) in [5.41, 5.74) is 3.28. The molecule has 2 heterocycles. The summed E-state index contributed by atoms with van der Waals surface area (Å²) in [6.45, 7) is 0. The topological polar surface area (TPSA) is 59.7 Å². The molecule has 3 nitrogen and oxygen atoms in total. The van der Waals surface area contributed by atoms with Gasteiger partial charge in [-0.05, 0) is 56.3 Å². The highest BCUT2D eigenvalue weighted by Gasteiger charge is 2.40. The molecule has 2 rings (SSSR count). The summed E-state index contributed by atoms with van der Waals surface area (Å²) in [7, 11) is 0. The molecule has 3 N–H and O–H groups in total. The van der Waals surface area contributed by atoms with Crippen molar-refractivity contribution in [1.29, 1.82) is 10.8 Å². The smallest absolute Gasteiger partial charge is 0.0213 e. The number of fused-ring (bicyclic) bond motifs is 2. The lowest BCUT2D eigenvalue weighted by molar-refractivity contribution is 0.471. The third-order valence-corrected chi connectivity index (χ3v) is 5.50. The molecule has 2 saturated heterocycles. The standard InChI is InChI=1S/C16H19I2N3/c17-8-11(2-1-5-19)12(9-18)6-13(10-20)15-7-14-3-4-16(15)21-14/h1-2,5-6,8-10,14-16,19-21H,3-4,7H2/b2-1-,11-8+,12-9-,13-6+,19-5?,20-10?. The molecule has 0 amide bonds. The van der Waals surface area contributed by atoms with E-state index in [-0.39, 0.29) is 0 Å². The predicted molar refractivity (Wildman–Crippen MR) is 107 cm³/mol. The van der Waals surface area contributed by atoms with E-state index in [0.717, 1.165) is 23.1 Å². The Labute approximate surface area is 153 Å². The highest BCUT2D eigenvalue weighted by atomic mass is 127. The normalized spacial score (nSPS) is 30.2. The van der Waals surface area contributed by atoms with Gasteiger partial charge in [0.1, 0.15) is 0 Å². The van der Waals surface area contributed by atoms with Crippen molar-refractivity contribution in [2.24, 2.45) is 5.92 Å². The highest BCUT2D eigenvalue weighted by Crippen LogP contribution is 2.37. The second-order valence-electron chi connectivity index (χ2n) is 5.33. The molecule has 5 heteroatoms. The first-order valence-electron chi connectivity index (χ1n) is 6.99. The fourth-order valence-electron chi connectivity index (χ4n) is 3.15. The summed E-state index contributed by atoms with van der Waals surface area (Å²) in [6.07, 6.45) is 12.2. The van der Waals surface area contributed by atoms with Crippen LogP contribution in [0.5, 0.6) is 0 Å². The van der Waals surface area contributed by atoms with Gasteiger partial charge in [-0.1, -0.05) is 51.3 Å². The van der Waals surface area contributed by atoms with E-state index in [1.165, 1.54) is 25.3 Å². The van der Waals surface area contributed by atoms with Crippen LogP contribution in [0.3, 0.4) is 0 Å². The van der Waals surface area contributed by atoms with Crippen molar-refractivity contribution in [2.45, 2.75) is 31.3 Å². The van der Waals surface area contributed by atoms with Crippen LogP contribution < -0.4 is 5.32 Å². The second kappa shape index (κ2) is 8.38. The summed E-state index contributed by atoms with van der Waals surface area (Å²) in [5, 5.41) is 18.5. The Morgan fingerprint density at radius 1 is 1.10 bits per heavy atom. The largest absolute Gasteiger partial charge is 0.311 e. The van der Waals surface area contributed by atoms with Gasteiger partial charge in [0.15, 0.2) is 0 Å². The molecule has 21 heavy (non-hydrogen) atoms. The number of hydrogen-bond acceptors (Lipinski definition) is 3. The molecule has 3 atom stereocenters. The zero-order valence-electron chi connectivity index (χ0n) is 11.7. The fraction of sp³-hybridized carbons (Fsp3) is 0.375. The van der Waals surface area contributed by atoms with Gasteiger partial charge < -0.3 is 16.1 Å². The molecule has 0 radical (unpaired) electrons. The molecule has 2 fully saturated rings. The predicted octanol–water partition coefficient (Wildman–Crippen LogP) is 4.55. The van der Waals surface area contributed by atoms with E-state index >= 15 is 0 Å². The molecular formula is C16H19I2N3. The summed E-state index contributed by atoms with van der Waals surface area (Å²) < 4.78 is 4.06. The van der Waals surface area contributed by atoms with Gasteiger partial charge in [0.2, 0.25) is 0 Å². The monoisotopic (exact) mass is 507 g/mol. The Morgan fingerprint density at radius 2 is 1.86 bits per heavy atom. The van der Waals surface area contributed by atoms with Crippen molar-refractivity contribution < 1.29 is 0 Å². The SMILES string of the molecule is N=C\C=C/C(=C\I)C(=C\I)/C=C(\C=N)C1CC2CCC1N2. The van der Waals surface area contributed by atoms with Crippen molar-refractivity contribution in [3.63, 3.8) is 0 Å². The van der Waals surface area contributed by atoms with Crippen LogP contribution in [0.25, 0.3) is 0 Å². The molecule has 112 valence electrons. The lowest BCUT2D eigenvalue weighted by Crippen LogP contribution is -2.24. The minimum absolute atomic E-state index is 0.467. The van der Waals surface area contributed by atoms with Crippen molar-refractivity contribution in [1.82, 2.24) is 5.32 Å². The van der Waals surface area contributed by atoms with Gasteiger partial charge in [-0.3, -0.25) is 0 Å². The Morgan fingerprint density at radius 3 is 2.33 bits per heavy atom. The maximum atomic E-state index is 7.78. The summed E-state index contributed by atoms with van der Waals surface area (Å²) in [6, 6.07) is 1.19. The lowest BCUT2D eigenvalue weighted by atomic mass is 9.83. The van der Waals surface area contributed by atoms with E-state index in [2.05, 4.69) is 56.6 Å². The molecule has 0 saturated carbocycles. The summed E-state index contributed by atoms with van der Waals surface area (Å²) in [5.74, 6) is 0.467. The van der Waals surface area contributed by atoms with Gasteiger partial charge in [0.25, 0.3) is 0 Å². The molecule has 2 bridgehead atoms. The Kier molecular flexibility index (Phi) is 6.81. The summed E-state index contributed by atoms with van der Waals surface area (Å²) >= 11 is 4.47. The first-order chi connectivity index (χ1) is 10.2. The minimum Gasteiger partial charge on any atom is -0.311 e. The maximum Gasteiger partial charge on any atom is 0.0213 e. The summed E-state index contributed by atoms with van der Waals surface area (Å²) in [4.78, 5) is 0. The van der Waals surface area contributed by atoms with E-state index in [1.807, 2.05) is 14.2 Å². The van der Waals surface area contributed by atoms with Gasteiger partial charge in [0, 0.05) is 30.4 Å². The average molecular weight is 507 g/mol. The zero-order chi connectivity index (χ0) is 15.2. The van der Waals surface area contributed by atoms with E-state index in [1.54, 1.807) is 6.08 Å². The molecule has 0 spiro atoms. The van der Waals surface area contributed by atoms with E-state index in [0.29, 0.717) is 18.0 Å². The van der Waals surface area contributed by atoms with Crippen LogP contribution in [0.4, 0.5) is 0 Å². The molecule has 3 unspecified atom stereocenters. The van der Waals surface area contributed by atoms with Crippen LogP contribution in [0.15, 0.2) is 43.1 Å². The Balaban J connectivity index is 2.23. The number of allylic oxidation sites excluding steroid dienone is 5. The number of halogens is 2. The quantitative estimate of drug-likeness (QED) is 0.276. The number of hydrogen-bond donors (Lipinski definition) is 3. The lowest BCUT2D eigenvalue weighted by Gasteiger charge is -2.21. The van der Waals surface area contributed by atoms with Crippen LogP contribution in [0.1, 0.15) is 19.3 Å². The third-order valence-electron chi connectivity index (χ3n) is 4.16. The van der Waals surface area contributed by atoms with Gasteiger partial charge in [0.05, 0.1) is 0 Å².